The molecular formula is C15H16N4O3. The minimum absolute atomic E-state index is 0.0127. The maximum atomic E-state index is 11.9. The summed E-state index contributed by atoms with van der Waals surface area (Å²) in [4.78, 5) is 28.9. The molecule has 0 saturated heterocycles. The van der Waals surface area contributed by atoms with Crippen LogP contribution in [0.3, 0.4) is 0 Å². The normalized spacial score (nSPS) is 11.1. The zero-order chi connectivity index (χ0) is 16.1. The van der Waals surface area contributed by atoms with Gasteiger partial charge in [0.15, 0.2) is 0 Å². The molecule has 0 atom stereocenters. The third kappa shape index (κ3) is 3.72. The van der Waals surface area contributed by atoms with Gasteiger partial charge in [0.1, 0.15) is 5.69 Å². The topological polar surface area (TPSA) is 86.9 Å². The minimum Gasteiger partial charge on any atom is -0.428 e. The number of para-hydroxylation sites is 1. The maximum absolute atomic E-state index is 11.9. The molecule has 22 heavy (non-hydrogen) atoms. The molecule has 0 unspecified atom stereocenters. The summed E-state index contributed by atoms with van der Waals surface area (Å²) < 4.78 is 0.691. The van der Waals surface area contributed by atoms with Crippen LogP contribution in [0.25, 0.3) is 0 Å². The fourth-order valence-electron chi connectivity index (χ4n) is 1.73. The Morgan fingerprint density at radius 1 is 1.18 bits per heavy atom. The fourth-order valence-corrected chi connectivity index (χ4v) is 1.73. The van der Waals surface area contributed by atoms with Crippen LogP contribution in [0.4, 0.5) is 10.5 Å². The number of carbonyl (C=O) groups is 2. The summed E-state index contributed by atoms with van der Waals surface area (Å²) in [5, 5.41) is 12.5. The number of amides is 3. The second kappa shape index (κ2) is 6.57. The number of urea groups is 1. The van der Waals surface area contributed by atoms with E-state index >= 15 is 0 Å². The molecule has 2 aromatic rings. The molecule has 2 rings (SSSR count). The van der Waals surface area contributed by atoms with Gasteiger partial charge in [0.2, 0.25) is 0 Å². The van der Waals surface area contributed by atoms with Crippen molar-refractivity contribution >= 4 is 17.6 Å². The Hall–Kier alpha value is -3.09. The maximum Gasteiger partial charge on any atom is 0.345 e. The number of anilines is 1. The lowest BCUT2D eigenvalue weighted by Gasteiger charge is -2.12. The van der Waals surface area contributed by atoms with Crippen LogP contribution in [-0.4, -0.2) is 40.9 Å². The van der Waals surface area contributed by atoms with Gasteiger partial charge in [0.05, 0.1) is 5.36 Å². The molecule has 0 aliphatic heterocycles. The summed E-state index contributed by atoms with van der Waals surface area (Å²) in [6.07, 6.45) is 1.26. The Balaban J connectivity index is 2.27. The van der Waals surface area contributed by atoms with E-state index in [2.05, 4.69) is 10.3 Å². The number of nitrogens with one attached hydrogen (secondary N) is 1. The number of aromatic nitrogens is 1. The third-order valence-corrected chi connectivity index (χ3v) is 2.80. The van der Waals surface area contributed by atoms with Crippen molar-refractivity contribution in [2.24, 2.45) is 4.99 Å². The monoisotopic (exact) mass is 300 g/mol. The van der Waals surface area contributed by atoms with E-state index in [1.165, 1.54) is 23.2 Å². The molecule has 7 heteroatoms. The molecule has 0 radical (unpaired) electrons. The first-order chi connectivity index (χ1) is 10.5. The number of hydrogen-bond donors (Lipinski definition) is 2. The number of benzene rings is 1. The lowest BCUT2D eigenvalue weighted by atomic mass is 10.3. The highest BCUT2D eigenvalue weighted by Crippen LogP contribution is 2.05. The molecule has 7 nitrogen and oxygen atoms in total. The summed E-state index contributed by atoms with van der Waals surface area (Å²) in [7, 11) is 3.13. The standard InChI is InChI=1S/C15H16N4O3/c1-18(2)14(20)13-10-12(8-9-19(13)22)17-15(21)16-11-6-4-3-5-7-11/h3-10,22H,1-2H3,(H,16,21)/b17-12-. The molecule has 114 valence electrons. The molecule has 0 bridgehead atoms. The van der Waals surface area contributed by atoms with Crippen LogP contribution in [0.1, 0.15) is 10.5 Å². The predicted molar refractivity (Wildman–Crippen MR) is 80.7 cm³/mol. The Morgan fingerprint density at radius 2 is 1.86 bits per heavy atom. The van der Waals surface area contributed by atoms with Crippen LogP contribution in [-0.2, 0) is 0 Å². The summed E-state index contributed by atoms with van der Waals surface area (Å²) >= 11 is 0. The van der Waals surface area contributed by atoms with Crippen molar-refractivity contribution in [1.29, 1.82) is 0 Å². The molecule has 1 heterocycles. The molecule has 2 N–H and O–H groups in total. The van der Waals surface area contributed by atoms with Crippen LogP contribution in [0.15, 0.2) is 53.7 Å². The molecule has 0 fully saturated rings. The van der Waals surface area contributed by atoms with Gasteiger partial charge >= 0.3 is 6.03 Å². The van der Waals surface area contributed by atoms with E-state index in [1.807, 2.05) is 6.07 Å². The van der Waals surface area contributed by atoms with E-state index in [4.69, 9.17) is 0 Å². The lowest BCUT2D eigenvalue weighted by molar-refractivity contribution is 0.0771. The lowest BCUT2D eigenvalue weighted by Crippen LogP contribution is -2.27. The Labute approximate surface area is 127 Å². The first-order valence-electron chi connectivity index (χ1n) is 6.52. The van der Waals surface area contributed by atoms with Crippen LogP contribution in [0.5, 0.6) is 0 Å². The van der Waals surface area contributed by atoms with Crippen LogP contribution < -0.4 is 10.7 Å². The molecule has 1 aromatic heterocycles. The minimum atomic E-state index is -0.565. The highest BCUT2D eigenvalue weighted by Gasteiger charge is 2.12. The average Bonchev–Trinajstić information content (AvgIpc) is 2.49. The van der Waals surface area contributed by atoms with Crippen molar-refractivity contribution in [1.82, 2.24) is 9.63 Å². The van der Waals surface area contributed by atoms with Gasteiger partial charge in [-0.2, -0.15) is 9.72 Å². The molecule has 0 spiro atoms. The first-order valence-corrected chi connectivity index (χ1v) is 6.52. The van der Waals surface area contributed by atoms with Gasteiger partial charge in [-0.15, -0.1) is 0 Å². The second-order valence-electron chi connectivity index (χ2n) is 4.72. The van der Waals surface area contributed by atoms with Crippen LogP contribution in [0.2, 0.25) is 0 Å². The van der Waals surface area contributed by atoms with Gasteiger partial charge in [-0.3, -0.25) is 4.79 Å². The van der Waals surface area contributed by atoms with Crippen molar-refractivity contribution < 1.29 is 14.8 Å². The number of pyridine rings is 1. The van der Waals surface area contributed by atoms with E-state index in [1.54, 1.807) is 38.4 Å². The molecule has 3 amide bonds. The zero-order valence-electron chi connectivity index (χ0n) is 12.2. The van der Waals surface area contributed by atoms with Crippen molar-refractivity contribution in [3.63, 3.8) is 0 Å². The second-order valence-corrected chi connectivity index (χ2v) is 4.72. The first kappa shape index (κ1) is 15.3. The molecule has 0 saturated carbocycles. The quantitative estimate of drug-likeness (QED) is 0.825. The van der Waals surface area contributed by atoms with Gasteiger partial charge in [0.25, 0.3) is 5.91 Å². The average molecular weight is 300 g/mol. The molecule has 1 aromatic carbocycles. The Kier molecular flexibility index (Phi) is 4.57. The van der Waals surface area contributed by atoms with E-state index in [-0.39, 0.29) is 11.1 Å². The van der Waals surface area contributed by atoms with E-state index in [9.17, 15) is 14.8 Å². The largest absolute Gasteiger partial charge is 0.428 e. The van der Waals surface area contributed by atoms with Gasteiger partial charge in [-0.25, -0.2) is 4.79 Å². The van der Waals surface area contributed by atoms with Crippen molar-refractivity contribution in [3.8, 4) is 0 Å². The van der Waals surface area contributed by atoms with Crippen molar-refractivity contribution in [2.45, 2.75) is 0 Å². The highest BCUT2D eigenvalue weighted by atomic mass is 16.5. The Bertz CT molecular complexity index is 751. The zero-order valence-corrected chi connectivity index (χ0v) is 12.2. The highest BCUT2D eigenvalue weighted by molar-refractivity contribution is 5.92. The predicted octanol–water partition coefficient (Wildman–Crippen LogP) is 1.56. The molecular weight excluding hydrogens is 284 g/mol. The number of rotatable bonds is 2. The summed E-state index contributed by atoms with van der Waals surface area (Å²) in [5.41, 5.74) is 0.632. The smallest absolute Gasteiger partial charge is 0.345 e. The van der Waals surface area contributed by atoms with Gasteiger partial charge < -0.3 is 15.4 Å². The van der Waals surface area contributed by atoms with E-state index in [0.717, 1.165) is 0 Å². The number of nitrogens with zero attached hydrogens (tertiary/aromatic N) is 3. The van der Waals surface area contributed by atoms with Gasteiger partial charge in [-0.1, -0.05) is 18.2 Å². The van der Waals surface area contributed by atoms with Crippen molar-refractivity contribution in [3.05, 3.63) is 59.7 Å². The van der Waals surface area contributed by atoms with Crippen LogP contribution in [0, 0.1) is 0 Å². The molecule has 0 aliphatic carbocycles. The number of carbonyl (C=O) groups excluding carboxylic acids is 2. The van der Waals surface area contributed by atoms with Gasteiger partial charge in [-0.05, 0) is 24.3 Å². The summed E-state index contributed by atoms with van der Waals surface area (Å²) in [5.74, 6) is -0.400. The van der Waals surface area contributed by atoms with Crippen molar-refractivity contribution in [2.75, 3.05) is 19.4 Å². The van der Waals surface area contributed by atoms with E-state index < -0.39 is 11.9 Å². The summed E-state index contributed by atoms with van der Waals surface area (Å²) in [6, 6.07) is 11.1. The Morgan fingerprint density at radius 3 is 2.50 bits per heavy atom. The molecule has 0 aliphatic rings. The third-order valence-electron chi connectivity index (χ3n) is 2.80. The summed E-state index contributed by atoms with van der Waals surface area (Å²) in [6.45, 7) is 0. The SMILES string of the molecule is CN(C)C(=O)c1c/c(=N\C(=O)Nc2ccccc2)ccn1O. The van der Waals surface area contributed by atoms with Gasteiger partial charge in [0, 0.05) is 26.0 Å². The number of hydrogen-bond acceptors (Lipinski definition) is 3. The van der Waals surface area contributed by atoms with Crippen LogP contribution >= 0.6 is 0 Å². The fraction of sp³-hybridized carbons (Fsp3) is 0.133. The van der Waals surface area contributed by atoms with E-state index in [0.29, 0.717) is 10.4 Å².